The highest BCUT2D eigenvalue weighted by Crippen LogP contribution is 2.22. The summed E-state index contributed by atoms with van der Waals surface area (Å²) in [5.74, 6) is -1.50. The van der Waals surface area contributed by atoms with E-state index in [2.05, 4.69) is 13.2 Å². The summed E-state index contributed by atoms with van der Waals surface area (Å²) in [5.41, 5.74) is -0.0937. The fourth-order valence-electron chi connectivity index (χ4n) is 2.59. The van der Waals surface area contributed by atoms with Crippen LogP contribution in [-0.2, 0) is 19.5 Å². The number of carbonyl (C=O) groups excluding carboxylic acids is 2. The molecule has 7 nitrogen and oxygen atoms in total. The molecule has 0 aliphatic rings. The largest absolute Gasteiger partial charge is 0.458 e. The van der Waals surface area contributed by atoms with Crippen LogP contribution in [0.25, 0.3) is 0 Å². The lowest BCUT2D eigenvalue weighted by atomic mass is 10.1. The van der Waals surface area contributed by atoms with Gasteiger partial charge in [0.1, 0.15) is 13.2 Å². The molecule has 0 atom stereocenters. The fraction of sp³-hybridized carbons (Fsp3) is 0.455. The summed E-state index contributed by atoms with van der Waals surface area (Å²) < 4.78 is 38.1. The van der Waals surface area contributed by atoms with Gasteiger partial charge in [0.25, 0.3) is 0 Å². The first-order chi connectivity index (χ1) is 14.3. The van der Waals surface area contributed by atoms with E-state index < -0.39 is 22.0 Å². The molecule has 0 fully saturated rings. The van der Waals surface area contributed by atoms with Crippen molar-refractivity contribution in [1.82, 2.24) is 4.31 Å². The van der Waals surface area contributed by atoms with Crippen molar-refractivity contribution in [3.63, 3.8) is 0 Å². The number of carbonyl (C=O) groups is 2. The molecule has 0 amide bonds. The molecule has 30 heavy (non-hydrogen) atoms. The average molecular weight is 438 g/mol. The van der Waals surface area contributed by atoms with Crippen molar-refractivity contribution in [2.24, 2.45) is 0 Å². The monoisotopic (exact) mass is 437 g/mol. The summed E-state index contributed by atoms with van der Waals surface area (Å²) in [4.78, 5) is 24.5. The zero-order chi connectivity index (χ0) is 22.6. The Morgan fingerprint density at radius 2 is 1.33 bits per heavy atom. The van der Waals surface area contributed by atoms with Crippen LogP contribution in [0.1, 0.15) is 60.2 Å². The van der Waals surface area contributed by atoms with Crippen molar-refractivity contribution in [3.05, 3.63) is 54.6 Å². The van der Waals surface area contributed by atoms with Crippen molar-refractivity contribution < 1.29 is 27.5 Å². The van der Waals surface area contributed by atoms with Gasteiger partial charge in [-0.25, -0.2) is 18.0 Å². The Morgan fingerprint density at radius 3 is 1.70 bits per heavy atom. The summed E-state index contributed by atoms with van der Waals surface area (Å²) in [6.45, 7) is 11.6. The molecule has 0 heterocycles. The number of unbranched alkanes of at least 4 members (excludes halogenated alkanes) is 2. The van der Waals surface area contributed by atoms with Gasteiger partial charge in [0, 0.05) is 13.1 Å². The average Bonchev–Trinajstić information content (AvgIpc) is 2.75. The maximum absolute atomic E-state index is 13.3. The number of nitrogens with zero attached hydrogens (tertiary/aromatic N) is 1. The molecule has 1 aromatic rings. The molecule has 0 spiro atoms. The van der Waals surface area contributed by atoms with Crippen LogP contribution in [0.15, 0.2) is 48.4 Å². The molecule has 1 aromatic carbocycles. The Labute approximate surface area is 179 Å². The third-order valence-corrected chi connectivity index (χ3v) is 6.08. The van der Waals surface area contributed by atoms with Crippen molar-refractivity contribution in [3.8, 4) is 0 Å². The maximum atomic E-state index is 13.3. The third-order valence-electron chi connectivity index (χ3n) is 4.20. The van der Waals surface area contributed by atoms with Crippen LogP contribution in [-0.4, -0.2) is 51.0 Å². The predicted octanol–water partition coefficient (Wildman–Crippen LogP) is 3.96. The molecule has 1 rings (SSSR count). The molecule has 0 aliphatic heterocycles. The summed E-state index contributed by atoms with van der Waals surface area (Å²) >= 11 is 0. The second-order valence-corrected chi connectivity index (χ2v) is 8.57. The highest BCUT2D eigenvalue weighted by atomic mass is 32.2. The van der Waals surface area contributed by atoms with Crippen LogP contribution >= 0.6 is 0 Å². The van der Waals surface area contributed by atoms with Gasteiger partial charge >= 0.3 is 11.9 Å². The number of rotatable bonds is 14. The number of sulfonamides is 1. The van der Waals surface area contributed by atoms with Crippen molar-refractivity contribution in [1.29, 1.82) is 0 Å². The minimum atomic E-state index is -3.92. The quantitative estimate of drug-likeness (QED) is 0.323. The minimum absolute atomic E-state index is 0.0365. The van der Waals surface area contributed by atoms with Crippen LogP contribution in [0.2, 0.25) is 0 Å². The summed E-state index contributed by atoms with van der Waals surface area (Å²) in [5, 5.41) is 0. The van der Waals surface area contributed by atoms with Crippen LogP contribution in [0, 0.1) is 0 Å². The molecule has 8 heteroatoms. The standard InChI is InChI=1S/C22H31NO6S/c1-5-9-11-23(12-10-6-2)30(26,27)20-16-18(21(24)28-13-7-3)15-19(17-20)22(25)29-14-8-4/h7-8,15-17H,3-6,9-14H2,1-2H3. The van der Waals surface area contributed by atoms with Crippen LogP contribution < -0.4 is 0 Å². The highest BCUT2D eigenvalue weighted by molar-refractivity contribution is 7.89. The van der Waals surface area contributed by atoms with Gasteiger partial charge < -0.3 is 9.47 Å². The van der Waals surface area contributed by atoms with Gasteiger partial charge in [0.05, 0.1) is 16.0 Å². The number of hydrogen-bond acceptors (Lipinski definition) is 6. The maximum Gasteiger partial charge on any atom is 0.338 e. The second-order valence-electron chi connectivity index (χ2n) is 6.63. The van der Waals surface area contributed by atoms with Gasteiger partial charge in [-0.3, -0.25) is 0 Å². The van der Waals surface area contributed by atoms with Crippen molar-refractivity contribution in [2.75, 3.05) is 26.3 Å². The minimum Gasteiger partial charge on any atom is -0.458 e. The molecule has 0 aromatic heterocycles. The van der Waals surface area contributed by atoms with E-state index in [9.17, 15) is 18.0 Å². The Morgan fingerprint density at radius 1 is 0.900 bits per heavy atom. The van der Waals surface area contributed by atoms with Crippen LogP contribution in [0.3, 0.4) is 0 Å². The smallest absolute Gasteiger partial charge is 0.338 e. The number of esters is 2. The first-order valence-electron chi connectivity index (χ1n) is 10.0. The fourth-order valence-corrected chi connectivity index (χ4v) is 4.18. The lowest BCUT2D eigenvalue weighted by molar-refractivity contribution is 0.0547. The zero-order valence-electron chi connectivity index (χ0n) is 17.8. The van der Waals surface area contributed by atoms with E-state index in [1.807, 2.05) is 13.8 Å². The molecule has 0 unspecified atom stereocenters. The first-order valence-corrected chi connectivity index (χ1v) is 11.5. The summed E-state index contributed by atoms with van der Waals surface area (Å²) in [6.07, 6.45) is 5.89. The Kier molecular flexibility index (Phi) is 11.1. The van der Waals surface area contributed by atoms with E-state index in [0.717, 1.165) is 12.8 Å². The molecule has 0 bridgehead atoms. The van der Waals surface area contributed by atoms with Gasteiger partial charge in [0.15, 0.2) is 0 Å². The molecule has 0 saturated carbocycles. The Hall–Kier alpha value is -2.45. The summed E-state index contributed by atoms with van der Waals surface area (Å²) in [6, 6.07) is 3.73. The SMILES string of the molecule is C=CCOC(=O)c1cc(C(=O)OCC=C)cc(S(=O)(=O)N(CCCC)CCCC)c1. The summed E-state index contributed by atoms with van der Waals surface area (Å²) in [7, 11) is -3.92. The lowest BCUT2D eigenvalue weighted by Gasteiger charge is -2.22. The van der Waals surface area contributed by atoms with E-state index >= 15 is 0 Å². The van der Waals surface area contributed by atoms with Crippen LogP contribution in [0.4, 0.5) is 0 Å². The first kappa shape index (κ1) is 25.6. The van der Waals surface area contributed by atoms with Gasteiger partial charge in [-0.05, 0) is 31.0 Å². The molecule has 0 aliphatic carbocycles. The Bertz CT molecular complexity index is 797. The van der Waals surface area contributed by atoms with Gasteiger partial charge in [-0.1, -0.05) is 52.0 Å². The van der Waals surface area contributed by atoms with E-state index in [1.165, 1.54) is 34.7 Å². The molecule has 0 N–H and O–H groups in total. The predicted molar refractivity (Wildman–Crippen MR) is 116 cm³/mol. The molecular weight excluding hydrogens is 406 g/mol. The van der Waals surface area contributed by atoms with Crippen molar-refractivity contribution >= 4 is 22.0 Å². The van der Waals surface area contributed by atoms with E-state index in [0.29, 0.717) is 25.9 Å². The topological polar surface area (TPSA) is 90.0 Å². The van der Waals surface area contributed by atoms with E-state index in [-0.39, 0.29) is 29.2 Å². The normalized spacial score (nSPS) is 11.2. The van der Waals surface area contributed by atoms with Gasteiger partial charge in [-0.2, -0.15) is 4.31 Å². The molecule has 0 radical (unpaired) electrons. The molecule has 0 saturated heterocycles. The number of hydrogen-bond donors (Lipinski definition) is 0. The van der Waals surface area contributed by atoms with Gasteiger partial charge in [-0.15, -0.1) is 0 Å². The second kappa shape index (κ2) is 13.0. The lowest BCUT2D eigenvalue weighted by Crippen LogP contribution is -2.33. The highest BCUT2D eigenvalue weighted by Gasteiger charge is 2.27. The Balaban J connectivity index is 3.44. The zero-order valence-corrected chi connectivity index (χ0v) is 18.6. The number of ether oxygens (including phenoxy) is 2. The third kappa shape index (κ3) is 7.42. The van der Waals surface area contributed by atoms with E-state index in [4.69, 9.17) is 9.47 Å². The number of benzene rings is 1. The molecular formula is C22H31NO6S. The van der Waals surface area contributed by atoms with Crippen molar-refractivity contribution in [2.45, 2.75) is 44.4 Å². The van der Waals surface area contributed by atoms with Crippen LogP contribution in [0.5, 0.6) is 0 Å². The van der Waals surface area contributed by atoms with Gasteiger partial charge in [0.2, 0.25) is 10.0 Å². The van der Waals surface area contributed by atoms with E-state index in [1.54, 1.807) is 0 Å². The molecule has 166 valence electrons.